The van der Waals surface area contributed by atoms with Crippen molar-refractivity contribution in [3.05, 3.63) is 29.1 Å². The van der Waals surface area contributed by atoms with Gasteiger partial charge in [0.05, 0.1) is 11.3 Å². The van der Waals surface area contributed by atoms with Gasteiger partial charge in [0.15, 0.2) is 5.82 Å². The Hall–Kier alpha value is -1.81. The third-order valence-electron chi connectivity index (χ3n) is 1.70. The van der Waals surface area contributed by atoms with E-state index >= 15 is 0 Å². The van der Waals surface area contributed by atoms with E-state index in [9.17, 15) is 17.6 Å². The number of hydrogen-bond acceptors (Lipinski definition) is 3. The molecule has 0 bridgehead atoms. The van der Waals surface area contributed by atoms with Gasteiger partial charge in [-0.05, 0) is 12.1 Å². The summed E-state index contributed by atoms with van der Waals surface area (Å²) in [4.78, 5) is 0. The molecule has 0 unspecified atom stereocenters. The highest BCUT2D eigenvalue weighted by Gasteiger charge is 2.38. The SMILES string of the molecule is N#Cc1ccc(NN)c(C(F)(F)F)c1F. The maximum atomic E-state index is 13.2. The Balaban J connectivity index is 3.52. The van der Waals surface area contributed by atoms with Gasteiger partial charge in [-0.3, -0.25) is 5.84 Å². The molecule has 0 aliphatic heterocycles. The Morgan fingerprint density at radius 1 is 1.33 bits per heavy atom. The Kier molecular flexibility index (Phi) is 2.81. The zero-order chi connectivity index (χ0) is 11.6. The average Bonchev–Trinajstić information content (AvgIpc) is 2.15. The second kappa shape index (κ2) is 3.74. The largest absolute Gasteiger partial charge is 0.421 e. The lowest BCUT2D eigenvalue weighted by atomic mass is 10.1. The standard InChI is InChI=1S/C8H5F4N3/c9-7-4(3-13)1-2-5(15-14)6(7)8(10,11)12/h1-2,15H,14H2. The fourth-order valence-electron chi connectivity index (χ4n) is 1.06. The van der Waals surface area contributed by atoms with Crippen molar-refractivity contribution in [2.24, 2.45) is 5.84 Å². The first kappa shape index (κ1) is 11.3. The summed E-state index contributed by atoms with van der Waals surface area (Å²) in [6.45, 7) is 0. The van der Waals surface area contributed by atoms with Crippen LogP contribution in [0, 0.1) is 17.1 Å². The molecule has 1 rings (SSSR count). The van der Waals surface area contributed by atoms with Crippen LogP contribution in [0.1, 0.15) is 11.1 Å². The summed E-state index contributed by atoms with van der Waals surface area (Å²) in [7, 11) is 0. The number of benzene rings is 1. The molecular weight excluding hydrogens is 214 g/mol. The van der Waals surface area contributed by atoms with Crippen molar-refractivity contribution >= 4 is 5.69 Å². The Morgan fingerprint density at radius 2 is 1.93 bits per heavy atom. The zero-order valence-corrected chi connectivity index (χ0v) is 7.19. The molecule has 0 aliphatic carbocycles. The van der Waals surface area contributed by atoms with Crippen LogP contribution in [0.15, 0.2) is 12.1 Å². The highest BCUT2D eigenvalue weighted by molar-refractivity contribution is 5.56. The van der Waals surface area contributed by atoms with Crippen LogP contribution in [0.25, 0.3) is 0 Å². The molecule has 3 nitrogen and oxygen atoms in total. The minimum absolute atomic E-state index is 0.612. The van der Waals surface area contributed by atoms with Gasteiger partial charge in [-0.1, -0.05) is 0 Å². The summed E-state index contributed by atoms with van der Waals surface area (Å²) in [5.41, 5.74) is -1.13. The van der Waals surface area contributed by atoms with Crippen molar-refractivity contribution in [3.63, 3.8) is 0 Å². The van der Waals surface area contributed by atoms with E-state index in [-0.39, 0.29) is 0 Å². The first-order chi connectivity index (χ1) is 6.91. The third kappa shape index (κ3) is 1.99. The van der Waals surface area contributed by atoms with Gasteiger partial charge < -0.3 is 5.43 Å². The fourth-order valence-corrected chi connectivity index (χ4v) is 1.06. The first-order valence-electron chi connectivity index (χ1n) is 3.68. The Morgan fingerprint density at radius 3 is 2.33 bits per heavy atom. The number of nitrogens with two attached hydrogens (primary N) is 1. The van der Waals surface area contributed by atoms with E-state index < -0.39 is 28.8 Å². The van der Waals surface area contributed by atoms with Gasteiger partial charge in [-0.2, -0.15) is 18.4 Å². The molecule has 0 saturated carbocycles. The lowest BCUT2D eigenvalue weighted by Crippen LogP contribution is -2.17. The smallest absolute Gasteiger partial charge is 0.323 e. The molecule has 1 aromatic rings. The van der Waals surface area contributed by atoms with Crippen LogP contribution in [0.5, 0.6) is 0 Å². The molecule has 0 atom stereocenters. The summed E-state index contributed by atoms with van der Waals surface area (Å²) in [6.07, 6.45) is -4.90. The van der Waals surface area contributed by atoms with Gasteiger partial charge in [-0.15, -0.1) is 0 Å². The molecule has 15 heavy (non-hydrogen) atoms. The summed E-state index contributed by atoms with van der Waals surface area (Å²) < 4.78 is 50.3. The number of nitrogens with zero attached hydrogens (tertiary/aromatic N) is 1. The van der Waals surface area contributed by atoms with Gasteiger partial charge in [-0.25, -0.2) is 4.39 Å². The van der Waals surface area contributed by atoms with E-state index in [0.29, 0.717) is 0 Å². The molecule has 3 N–H and O–H groups in total. The number of nitriles is 1. The normalized spacial score (nSPS) is 10.9. The average molecular weight is 219 g/mol. The van der Waals surface area contributed by atoms with E-state index in [0.717, 1.165) is 12.1 Å². The maximum absolute atomic E-state index is 13.2. The highest BCUT2D eigenvalue weighted by atomic mass is 19.4. The Bertz CT molecular complexity index is 419. The minimum atomic E-state index is -4.90. The number of anilines is 1. The number of hydrazine groups is 1. The summed E-state index contributed by atoms with van der Waals surface area (Å²) >= 11 is 0. The maximum Gasteiger partial charge on any atom is 0.421 e. The van der Waals surface area contributed by atoms with Gasteiger partial charge in [0.1, 0.15) is 11.6 Å². The molecule has 0 aliphatic rings. The Labute approximate surface area is 82.1 Å². The van der Waals surface area contributed by atoms with Crippen molar-refractivity contribution in [2.75, 3.05) is 5.43 Å². The number of nitrogen functional groups attached to an aromatic ring is 1. The van der Waals surface area contributed by atoms with Gasteiger partial charge >= 0.3 is 6.18 Å². The molecule has 0 amide bonds. The van der Waals surface area contributed by atoms with Crippen molar-refractivity contribution in [2.45, 2.75) is 6.18 Å². The molecule has 1 aromatic carbocycles. The number of nitrogens with one attached hydrogen (secondary N) is 1. The van der Waals surface area contributed by atoms with Crippen LogP contribution in [0.2, 0.25) is 0 Å². The monoisotopic (exact) mass is 219 g/mol. The van der Waals surface area contributed by atoms with Crippen molar-refractivity contribution < 1.29 is 17.6 Å². The second-order valence-electron chi connectivity index (χ2n) is 2.60. The van der Waals surface area contributed by atoms with Gasteiger partial charge in [0.2, 0.25) is 0 Å². The highest BCUT2D eigenvalue weighted by Crippen LogP contribution is 2.37. The third-order valence-corrected chi connectivity index (χ3v) is 1.70. The number of halogens is 4. The van der Waals surface area contributed by atoms with Crippen LogP contribution in [0.3, 0.4) is 0 Å². The molecule has 0 heterocycles. The lowest BCUT2D eigenvalue weighted by Gasteiger charge is -2.13. The van der Waals surface area contributed by atoms with Crippen molar-refractivity contribution in [1.29, 1.82) is 5.26 Å². The van der Waals surface area contributed by atoms with Gasteiger partial charge in [0, 0.05) is 0 Å². The molecule has 0 fully saturated rings. The predicted molar refractivity (Wildman–Crippen MR) is 43.9 cm³/mol. The number of hydrogen-bond donors (Lipinski definition) is 2. The fraction of sp³-hybridized carbons (Fsp3) is 0.125. The van der Waals surface area contributed by atoms with E-state index in [4.69, 9.17) is 11.1 Å². The first-order valence-corrected chi connectivity index (χ1v) is 3.68. The van der Waals surface area contributed by atoms with Crippen LogP contribution < -0.4 is 11.3 Å². The number of alkyl halides is 3. The zero-order valence-electron chi connectivity index (χ0n) is 7.19. The molecular formula is C8H5F4N3. The topological polar surface area (TPSA) is 61.8 Å². The van der Waals surface area contributed by atoms with E-state index in [1.54, 1.807) is 5.43 Å². The van der Waals surface area contributed by atoms with E-state index in [1.807, 2.05) is 0 Å². The molecule has 7 heteroatoms. The molecule has 0 spiro atoms. The van der Waals surface area contributed by atoms with Gasteiger partial charge in [0.25, 0.3) is 0 Å². The minimum Gasteiger partial charge on any atom is -0.323 e. The summed E-state index contributed by atoms with van der Waals surface area (Å²) in [5, 5.41) is 8.36. The summed E-state index contributed by atoms with van der Waals surface area (Å²) in [5.74, 6) is 3.18. The van der Waals surface area contributed by atoms with Crippen LogP contribution >= 0.6 is 0 Å². The second-order valence-corrected chi connectivity index (χ2v) is 2.60. The quantitative estimate of drug-likeness (QED) is 0.431. The molecule has 0 saturated heterocycles. The van der Waals surface area contributed by atoms with Crippen LogP contribution in [-0.2, 0) is 6.18 Å². The lowest BCUT2D eigenvalue weighted by molar-refractivity contribution is -0.139. The van der Waals surface area contributed by atoms with Crippen LogP contribution in [-0.4, -0.2) is 0 Å². The van der Waals surface area contributed by atoms with Crippen molar-refractivity contribution in [1.82, 2.24) is 0 Å². The molecule has 0 radical (unpaired) electrons. The van der Waals surface area contributed by atoms with Crippen molar-refractivity contribution in [3.8, 4) is 6.07 Å². The number of rotatable bonds is 1. The predicted octanol–water partition coefficient (Wildman–Crippen LogP) is 2.00. The van der Waals surface area contributed by atoms with E-state index in [1.165, 1.54) is 6.07 Å². The summed E-state index contributed by atoms with van der Waals surface area (Å²) in [6, 6.07) is 3.13. The van der Waals surface area contributed by atoms with E-state index in [2.05, 4.69) is 0 Å². The molecule has 0 aromatic heterocycles. The molecule has 80 valence electrons. The van der Waals surface area contributed by atoms with Crippen LogP contribution in [0.4, 0.5) is 23.2 Å².